The van der Waals surface area contributed by atoms with Gasteiger partial charge >= 0.3 is 0 Å². The average Bonchev–Trinajstić information content (AvgIpc) is 3.04. The summed E-state index contributed by atoms with van der Waals surface area (Å²) in [5, 5.41) is 6.98. The predicted octanol–water partition coefficient (Wildman–Crippen LogP) is 3.20. The van der Waals surface area contributed by atoms with Crippen LogP contribution in [0.4, 0.5) is 5.13 Å². The van der Waals surface area contributed by atoms with E-state index in [0.29, 0.717) is 5.13 Å². The van der Waals surface area contributed by atoms with Gasteiger partial charge in [0.2, 0.25) is 0 Å². The third-order valence-corrected chi connectivity index (χ3v) is 4.04. The van der Waals surface area contributed by atoms with Crippen LogP contribution in [0.25, 0.3) is 16.9 Å². The summed E-state index contributed by atoms with van der Waals surface area (Å²) in [6, 6.07) is 6.02. The second-order valence-electron chi connectivity index (χ2n) is 4.80. The number of nitrogens with zero attached hydrogens (tertiary/aromatic N) is 3. The Labute approximate surface area is 127 Å². The summed E-state index contributed by atoms with van der Waals surface area (Å²) in [7, 11) is 1.66. The number of hydrogen-bond donors (Lipinski definition) is 1. The normalized spacial score (nSPS) is 10.8. The van der Waals surface area contributed by atoms with Crippen molar-refractivity contribution in [1.29, 1.82) is 0 Å². The standard InChI is InChI=1S/C15H16N4OS/c1-9-4-5-14(20-3)13(6-9)19-10(2)11(7-17-19)12-8-21-15(16)18-12/h4-8H,1-3H3,(H2,16,18). The first-order chi connectivity index (χ1) is 10.1. The zero-order valence-electron chi connectivity index (χ0n) is 12.1. The van der Waals surface area contributed by atoms with Crippen molar-refractivity contribution in [1.82, 2.24) is 14.8 Å². The van der Waals surface area contributed by atoms with E-state index in [1.54, 1.807) is 7.11 Å². The molecule has 0 aliphatic heterocycles. The first-order valence-electron chi connectivity index (χ1n) is 6.51. The zero-order valence-corrected chi connectivity index (χ0v) is 12.9. The maximum Gasteiger partial charge on any atom is 0.180 e. The summed E-state index contributed by atoms with van der Waals surface area (Å²) < 4.78 is 7.31. The van der Waals surface area contributed by atoms with E-state index >= 15 is 0 Å². The van der Waals surface area contributed by atoms with Crippen LogP contribution in [-0.4, -0.2) is 21.9 Å². The zero-order chi connectivity index (χ0) is 15.0. The third kappa shape index (κ3) is 2.38. The lowest BCUT2D eigenvalue weighted by molar-refractivity contribution is 0.411. The lowest BCUT2D eigenvalue weighted by Crippen LogP contribution is -2.02. The monoisotopic (exact) mass is 300 g/mol. The van der Waals surface area contributed by atoms with Crippen molar-refractivity contribution in [3.8, 4) is 22.7 Å². The van der Waals surface area contributed by atoms with Gasteiger partial charge in [-0.05, 0) is 31.5 Å². The minimum atomic E-state index is 0.560. The SMILES string of the molecule is COc1ccc(C)cc1-n1ncc(-c2csc(N)n2)c1C. The van der Waals surface area contributed by atoms with E-state index < -0.39 is 0 Å². The van der Waals surface area contributed by atoms with Gasteiger partial charge in [0, 0.05) is 10.9 Å². The van der Waals surface area contributed by atoms with Gasteiger partial charge in [-0.15, -0.1) is 11.3 Å². The molecule has 3 rings (SSSR count). The molecule has 5 nitrogen and oxygen atoms in total. The molecule has 0 amide bonds. The molecule has 0 saturated heterocycles. The molecule has 0 aliphatic rings. The predicted molar refractivity (Wildman–Crippen MR) is 85.1 cm³/mol. The van der Waals surface area contributed by atoms with Gasteiger partial charge in [-0.3, -0.25) is 0 Å². The Bertz CT molecular complexity index is 791. The summed E-state index contributed by atoms with van der Waals surface area (Å²) in [6.07, 6.45) is 1.81. The first kappa shape index (κ1) is 13.6. The van der Waals surface area contributed by atoms with E-state index in [1.165, 1.54) is 11.3 Å². The quantitative estimate of drug-likeness (QED) is 0.806. The van der Waals surface area contributed by atoms with E-state index in [0.717, 1.165) is 34.0 Å². The largest absolute Gasteiger partial charge is 0.494 e. The molecular weight excluding hydrogens is 284 g/mol. The number of thiazole rings is 1. The van der Waals surface area contributed by atoms with E-state index in [2.05, 4.69) is 16.1 Å². The molecule has 0 spiro atoms. The van der Waals surface area contributed by atoms with Crippen LogP contribution in [0.2, 0.25) is 0 Å². The smallest absolute Gasteiger partial charge is 0.180 e. The minimum absolute atomic E-state index is 0.560. The lowest BCUT2D eigenvalue weighted by atomic mass is 10.2. The number of nitrogen functional groups attached to an aromatic ring is 1. The topological polar surface area (TPSA) is 66.0 Å². The molecule has 2 N–H and O–H groups in total. The Morgan fingerprint density at radius 2 is 2.10 bits per heavy atom. The summed E-state index contributed by atoms with van der Waals surface area (Å²) in [5.74, 6) is 0.788. The van der Waals surface area contributed by atoms with Crippen molar-refractivity contribution in [2.75, 3.05) is 12.8 Å². The molecule has 1 aromatic carbocycles. The van der Waals surface area contributed by atoms with Crippen LogP contribution in [0, 0.1) is 13.8 Å². The Hall–Kier alpha value is -2.34. The molecule has 0 radical (unpaired) electrons. The lowest BCUT2D eigenvalue weighted by Gasteiger charge is -2.11. The molecule has 21 heavy (non-hydrogen) atoms. The Balaban J connectivity index is 2.13. The Morgan fingerprint density at radius 3 is 2.76 bits per heavy atom. The minimum Gasteiger partial charge on any atom is -0.494 e. The van der Waals surface area contributed by atoms with Gasteiger partial charge < -0.3 is 10.5 Å². The van der Waals surface area contributed by atoms with Crippen LogP contribution >= 0.6 is 11.3 Å². The van der Waals surface area contributed by atoms with Crippen LogP contribution in [0.15, 0.2) is 29.8 Å². The number of methoxy groups -OCH3 is 1. The number of anilines is 1. The van der Waals surface area contributed by atoms with Crippen molar-refractivity contribution in [3.63, 3.8) is 0 Å². The van der Waals surface area contributed by atoms with E-state index in [-0.39, 0.29) is 0 Å². The molecule has 108 valence electrons. The second kappa shape index (κ2) is 5.21. The van der Waals surface area contributed by atoms with Gasteiger partial charge in [0.1, 0.15) is 11.4 Å². The Kier molecular flexibility index (Phi) is 3.39. The van der Waals surface area contributed by atoms with Crippen LogP contribution in [-0.2, 0) is 0 Å². The number of hydrogen-bond acceptors (Lipinski definition) is 5. The van der Waals surface area contributed by atoms with Gasteiger partial charge in [-0.2, -0.15) is 5.10 Å². The van der Waals surface area contributed by atoms with Gasteiger partial charge in [-0.1, -0.05) is 6.07 Å². The van der Waals surface area contributed by atoms with Crippen LogP contribution in [0.1, 0.15) is 11.3 Å². The fourth-order valence-electron chi connectivity index (χ4n) is 2.28. The number of aryl methyl sites for hydroxylation is 1. The number of nitrogens with two attached hydrogens (primary N) is 1. The highest BCUT2D eigenvalue weighted by Crippen LogP contribution is 2.30. The second-order valence-corrected chi connectivity index (χ2v) is 5.69. The van der Waals surface area contributed by atoms with Gasteiger partial charge in [0.15, 0.2) is 5.13 Å². The average molecular weight is 300 g/mol. The number of benzene rings is 1. The molecule has 0 saturated carbocycles. The highest BCUT2D eigenvalue weighted by Gasteiger charge is 2.15. The number of ether oxygens (including phenoxy) is 1. The molecular formula is C15H16N4OS. The maximum atomic E-state index is 5.71. The van der Waals surface area contributed by atoms with Crippen LogP contribution < -0.4 is 10.5 Å². The molecule has 0 fully saturated rings. The number of aromatic nitrogens is 3. The molecule has 0 bridgehead atoms. The molecule has 0 unspecified atom stereocenters. The van der Waals surface area contributed by atoms with E-state index in [1.807, 2.05) is 42.2 Å². The van der Waals surface area contributed by atoms with Gasteiger partial charge in [0.25, 0.3) is 0 Å². The van der Waals surface area contributed by atoms with Crippen LogP contribution in [0.3, 0.4) is 0 Å². The first-order valence-corrected chi connectivity index (χ1v) is 7.39. The van der Waals surface area contributed by atoms with Crippen molar-refractivity contribution in [2.45, 2.75) is 13.8 Å². The summed E-state index contributed by atoms with van der Waals surface area (Å²) in [5.41, 5.74) is 10.6. The molecule has 2 aromatic heterocycles. The van der Waals surface area contributed by atoms with Gasteiger partial charge in [-0.25, -0.2) is 9.67 Å². The number of rotatable bonds is 3. The fraction of sp³-hybridized carbons (Fsp3) is 0.200. The highest BCUT2D eigenvalue weighted by atomic mass is 32.1. The van der Waals surface area contributed by atoms with E-state index in [4.69, 9.17) is 10.5 Å². The van der Waals surface area contributed by atoms with Crippen molar-refractivity contribution >= 4 is 16.5 Å². The summed E-state index contributed by atoms with van der Waals surface area (Å²) in [6.45, 7) is 4.06. The summed E-state index contributed by atoms with van der Waals surface area (Å²) in [4.78, 5) is 4.32. The van der Waals surface area contributed by atoms with Crippen molar-refractivity contribution < 1.29 is 4.74 Å². The highest BCUT2D eigenvalue weighted by molar-refractivity contribution is 7.13. The fourth-order valence-corrected chi connectivity index (χ4v) is 2.84. The maximum absolute atomic E-state index is 5.71. The van der Waals surface area contributed by atoms with E-state index in [9.17, 15) is 0 Å². The molecule has 6 heteroatoms. The van der Waals surface area contributed by atoms with Crippen LogP contribution in [0.5, 0.6) is 5.75 Å². The van der Waals surface area contributed by atoms with Gasteiger partial charge in [0.05, 0.1) is 24.7 Å². The Morgan fingerprint density at radius 1 is 1.29 bits per heavy atom. The van der Waals surface area contributed by atoms with Crippen molar-refractivity contribution in [2.24, 2.45) is 0 Å². The summed E-state index contributed by atoms with van der Waals surface area (Å²) >= 11 is 1.43. The third-order valence-electron chi connectivity index (χ3n) is 3.37. The van der Waals surface area contributed by atoms with Crippen molar-refractivity contribution in [3.05, 3.63) is 41.0 Å². The molecule has 0 atom stereocenters. The molecule has 2 heterocycles. The molecule has 3 aromatic rings. The molecule has 0 aliphatic carbocycles.